The number of aryl methyl sites for hydroxylation is 3. The van der Waals surface area contributed by atoms with Crippen LogP contribution in [0.2, 0.25) is 5.02 Å². The highest BCUT2D eigenvalue weighted by Gasteiger charge is 2.23. The molecule has 1 aliphatic carbocycles. The molecule has 168 valence electrons. The van der Waals surface area contributed by atoms with Crippen molar-refractivity contribution in [3.63, 3.8) is 0 Å². The Morgan fingerprint density at radius 3 is 2.70 bits per heavy atom. The number of carbonyl (C=O) groups excluding carboxylic acids is 1. The molecule has 2 aromatic carbocycles. The number of rotatable bonds is 5. The molecule has 0 atom stereocenters. The lowest BCUT2D eigenvalue weighted by atomic mass is 9.97. The Bertz CT molecular complexity index is 1410. The minimum atomic E-state index is -0.205. The lowest BCUT2D eigenvalue weighted by molar-refractivity contribution is -0.113. The van der Waals surface area contributed by atoms with Gasteiger partial charge in [0.15, 0.2) is 5.16 Å². The number of aromatic nitrogens is 2. The third-order valence-corrected chi connectivity index (χ3v) is 8.18. The van der Waals surface area contributed by atoms with E-state index in [1.165, 1.54) is 16.6 Å². The number of amides is 1. The van der Waals surface area contributed by atoms with Gasteiger partial charge in [-0.2, -0.15) is 0 Å². The number of carbonyl (C=O) groups is 1. The molecule has 0 radical (unpaired) electrons. The van der Waals surface area contributed by atoms with E-state index in [9.17, 15) is 9.59 Å². The first-order valence-corrected chi connectivity index (χ1v) is 13.0. The van der Waals surface area contributed by atoms with E-state index >= 15 is 0 Å². The van der Waals surface area contributed by atoms with Gasteiger partial charge < -0.3 is 5.32 Å². The molecular weight excluding hydrogens is 474 g/mol. The number of thioether (sulfide) groups is 1. The maximum Gasteiger partial charge on any atom is 0.267 e. The SMILES string of the molecule is Cc1ccc(-n2c(SCC(=O)Nc3ccccc3Cl)nc3sc4c(c3c2=O)CCCC4)cc1. The van der Waals surface area contributed by atoms with Crippen LogP contribution >= 0.6 is 34.7 Å². The molecule has 1 aliphatic rings. The first-order valence-electron chi connectivity index (χ1n) is 10.8. The van der Waals surface area contributed by atoms with Gasteiger partial charge in [0.2, 0.25) is 5.91 Å². The van der Waals surface area contributed by atoms with Gasteiger partial charge in [0.05, 0.1) is 27.5 Å². The van der Waals surface area contributed by atoms with Crippen LogP contribution in [-0.4, -0.2) is 21.2 Å². The van der Waals surface area contributed by atoms with Crippen molar-refractivity contribution in [3.05, 3.63) is 79.9 Å². The molecule has 1 N–H and O–H groups in total. The van der Waals surface area contributed by atoms with Crippen molar-refractivity contribution in [1.29, 1.82) is 0 Å². The molecule has 5 nitrogen and oxygen atoms in total. The Labute approximate surface area is 204 Å². The normalized spacial score (nSPS) is 13.2. The molecule has 0 saturated heterocycles. The minimum Gasteiger partial charge on any atom is -0.324 e. The van der Waals surface area contributed by atoms with Gasteiger partial charge in [-0.15, -0.1) is 11.3 Å². The van der Waals surface area contributed by atoms with Crippen molar-refractivity contribution in [2.24, 2.45) is 0 Å². The van der Waals surface area contributed by atoms with Gasteiger partial charge in [-0.3, -0.25) is 14.2 Å². The Balaban J connectivity index is 1.53. The van der Waals surface area contributed by atoms with Crippen LogP contribution in [0.15, 0.2) is 58.5 Å². The molecule has 0 saturated carbocycles. The molecule has 1 amide bonds. The average molecular weight is 496 g/mol. The number of hydrogen-bond donors (Lipinski definition) is 1. The number of nitrogens with one attached hydrogen (secondary N) is 1. The zero-order chi connectivity index (χ0) is 22.9. The second-order valence-corrected chi connectivity index (χ2v) is 10.5. The van der Waals surface area contributed by atoms with Gasteiger partial charge >= 0.3 is 0 Å². The Morgan fingerprint density at radius 2 is 1.91 bits per heavy atom. The number of hydrogen-bond acceptors (Lipinski definition) is 5. The van der Waals surface area contributed by atoms with Crippen LogP contribution in [0.25, 0.3) is 15.9 Å². The second-order valence-electron chi connectivity index (χ2n) is 8.08. The number of halogens is 1. The quantitative estimate of drug-likeness (QED) is 0.271. The highest BCUT2D eigenvalue weighted by molar-refractivity contribution is 7.99. The summed E-state index contributed by atoms with van der Waals surface area (Å²) in [5, 5.41) is 4.57. The standard InChI is InChI=1S/C25H22ClN3O2S2/c1-15-10-12-16(13-11-15)29-24(31)22-17-6-2-5-9-20(17)33-23(22)28-25(29)32-14-21(30)27-19-8-4-3-7-18(19)26/h3-4,7-8,10-13H,2,5-6,9,14H2,1H3,(H,27,30). The summed E-state index contributed by atoms with van der Waals surface area (Å²) in [6, 6.07) is 14.9. The summed E-state index contributed by atoms with van der Waals surface area (Å²) < 4.78 is 1.65. The van der Waals surface area contributed by atoms with E-state index in [1.807, 2.05) is 43.3 Å². The first-order chi connectivity index (χ1) is 16.0. The van der Waals surface area contributed by atoms with Crippen molar-refractivity contribution < 1.29 is 4.79 Å². The van der Waals surface area contributed by atoms with Gasteiger partial charge in [0, 0.05) is 4.88 Å². The molecule has 0 aliphatic heterocycles. The summed E-state index contributed by atoms with van der Waals surface area (Å²) in [5.74, 6) is -0.0940. The minimum absolute atomic E-state index is 0.0581. The Hall–Kier alpha value is -2.61. The molecular formula is C25H22ClN3O2S2. The predicted octanol–water partition coefficient (Wildman–Crippen LogP) is 6.02. The van der Waals surface area contributed by atoms with E-state index in [0.29, 0.717) is 15.9 Å². The van der Waals surface area contributed by atoms with Crippen molar-refractivity contribution in [1.82, 2.24) is 9.55 Å². The third-order valence-electron chi connectivity index (χ3n) is 5.73. The van der Waals surface area contributed by atoms with Crippen molar-refractivity contribution in [3.8, 4) is 5.69 Å². The maximum absolute atomic E-state index is 13.7. The highest BCUT2D eigenvalue weighted by Crippen LogP contribution is 2.35. The largest absolute Gasteiger partial charge is 0.324 e. The first kappa shape index (κ1) is 22.2. The van der Waals surface area contributed by atoms with Gasteiger partial charge in [-0.1, -0.05) is 53.2 Å². The number of anilines is 1. The number of benzene rings is 2. The summed E-state index contributed by atoms with van der Waals surface area (Å²) in [7, 11) is 0. The summed E-state index contributed by atoms with van der Waals surface area (Å²) in [4.78, 5) is 33.3. The van der Waals surface area contributed by atoms with Gasteiger partial charge in [-0.05, 0) is 62.4 Å². The van der Waals surface area contributed by atoms with Crippen LogP contribution < -0.4 is 10.9 Å². The fourth-order valence-electron chi connectivity index (χ4n) is 4.08. The van der Waals surface area contributed by atoms with Crippen LogP contribution in [0.4, 0.5) is 5.69 Å². The van der Waals surface area contributed by atoms with Crippen molar-refractivity contribution in [2.75, 3.05) is 11.1 Å². The average Bonchev–Trinajstić information content (AvgIpc) is 3.19. The zero-order valence-corrected chi connectivity index (χ0v) is 20.4. The van der Waals surface area contributed by atoms with E-state index in [4.69, 9.17) is 16.6 Å². The molecule has 2 heterocycles. The van der Waals surface area contributed by atoms with E-state index in [1.54, 1.807) is 28.0 Å². The number of fused-ring (bicyclic) bond motifs is 3. The van der Waals surface area contributed by atoms with E-state index in [-0.39, 0.29) is 17.2 Å². The molecule has 33 heavy (non-hydrogen) atoms. The molecule has 5 rings (SSSR count). The fraction of sp³-hybridized carbons (Fsp3) is 0.240. The van der Waals surface area contributed by atoms with E-state index < -0.39 is 0 Å². The number of nitrogens with zero attached hydrogens (tertiary/aromatic N) is 2. The fourth-order valence-corrected chi connectivity index (χ4v) is 6.38. The molecule has 0 spiro atoms. The van der Waals surface area contributed by atoms with Crippen LogP contribution in [0.5, 0.6) is 0 Å². The number of thiophene rings is 1. The van der Waals surface area contributed by atoms with Crippen LogP contribution in [-0.2, 0) is 17.6 Å². The van der Waals surface area contributed by atoms with Gasteiger partial charge in [-0.25, -0.2) is 4.98 Å². The summed E-state index contributed by atoms with van der Waals surface area (Å²) in [6.07, 6.45) is 4.17. The lowest BCUT2D eigenvalue weighted by Gasteiger charge is -2.14. The summed E-state index contributed by atoms with van der Waals surface area (Å²) >= 11 is 9.04. The topological polar surface area (TPSA) is 64.0 Å². The van der Waals surface area contributed by atoms with E-state index in [0.717, 1.165) is 52.7 Å². The van der Waals surface area contributed by atoms with Crippen LogP contribution in [0.3, 0.4) is 0 Å². The molecule has 8 heteroatoms. The maximum atomic E-state index is 13.7. The Kier molecular flexibility index (Phi) is 6.27. The van der Waals surface area contributed by atoms with Crippen molar-refractivity contribution >= 4 is 56.5 Å². The zero-order valence-electron chi connectivity index (χ0n) is 18.1. The summed E-state index contributed by atoms with van der Waals surface area (Å²) in [6.45, 7) is 2.01. The predicted molar refractivity (Wildman–Crippen MR) is 137 cm³/mol. The molecule has 2 aromatic heterocycles. The van der Waals surface area contributed by atoms with E-state index in [2.05, 4.69) is 5.32 Å². The lowest BCUT2D eigenvalue weighted by Crippen LogP contribution is -2.23. The summed E-state index contributed by atoms with van der Waals surface area (Å²) in [5.41, 5.74) is 3.53. The molecule has 4 aromatic rings. The highest BCUT2D eigenvalue weighted by atomic mass is 35.5. The van der Waals surface area contributed by atoms with Crippen LogP contribution in [0.1, 0.15) is 28.8 Å². The molecule has 0 bridgehead atoms. The molecule has 0 unspecified atom stereocenters. The number of para-hydroxylation sites is 1. The van der Waals surface area contributed by atoms with Crippen molar-refractivity contribution in [2.45, 2.75) is 37.8 Å². The third kappa shape index (κ3) is 4.45. The van der Waals surface area contributed by atoms with Gasteiger partial charge in [0.1, 0.15) is 4.83 Å². The second kappa shape index (κ2) is 9.33. The monoisotopic (exact) mass is 495 g/mol. The molecule has 0 fully saturated rings. The smallest absolute Gasteiger partial charge is 0.267 e. The van der Waals surface area contributed by atoms with Gasteiger partial charge in [0.25, 0.3) is 5.56 Å². The van der Waals surface area contributed by atoms with Crippen LogP contribution in [0, 0.1) is 6.92 Å². The Morgan fingerprint density at radius 1 is 1.15 bits per heavy atom.